The van der Waals surface area contributed by atoms with Gasteiger partial charge in [0.2, 0.25) is 0 Å². The van der Waals surface area contributed by atoms with Crippen molar-refractivity contribution in [2.75, 3.05) is 12.0 Å². The van der Waals surface area contributed by atoms with Crippen LogP contribution in [0.15, 0.2) is 12.1 Å². The smallest absolute Gasteiger partial charge is 0.414 e. The lowest BCUT2D eigenvalue weighted by molar-refractivity contribution is -0.143. The summed E-state index contributed by atoms with van der Waals surface area (Å²) >= 11 is 0. The van der Waals surface area contributed by atoms with Crippen LogP contribution >= 0.6 is 0 Å². The minimum Gasteiger partial charge on any atom is -0.481 e. The molecular formula is C27H37N3O4. The van der Waals surface area contributed by atoms with E-state index in [-0.39, 0.29) is 24.1 Å². The number of carboxylic acid groups (broad SMARTS) is 1. The van der Waals surface area contributed by atoms with Crippen LogP contribution in [0.5, 0.6) is 0 Å². The Kier molecular flexibility index (Phi) is 6.54. The number of nitrogens with zero attached hydrogens (tertiary/aromatic N) is 3. The van der Waals surface area contributed by atoms with E-state index in [1.165, 1.54) is 32.8 Å². The Morgan fingerprint density at radius 1 is 1.12 bits per heavy atom. The predicted octanol–water partition coefficient (Wildman–Crippen LogP) is 5.88. The average molecular weight is 468 g/mol. The Labute approximate surface area is 201 Å². The summed E-state index contributed by atoms with van der Waals surface area (Å²) in [6.07, 6.45) is 12.1. The third-order valence-electron chi connectivity index (χ3n) is 8.51. The van der Waals surface area contributed by atoms with E-state index in [4.69, 9.17) is 9.72 Å². The molecule has 3 atom stereocenters. The number of hydrogen-bond acceptors (Lipinski definition) is 4. The maximum absolute atomic E-state index is 12.6. The van der Waals surface area contributed by atoms with Crippen molar-refractivity contribution in [2.45, 2.75) is 96.1 Å². The number of ether oxygens (including phenoxy) is 1. The lowest BCUT2D eigenvalue weighted by Gasteiger charge is -2.34. The standard InChI is InChI=1S/C27H37N3O4/c1-17-10-12-21-22(29(17)27(33)34-2)13-14-23-25(21)28-24(15-11-18-6-3-4-7-18)30(23)20-9-5-8-19(16-20)26(31)32/h13-14,17-20H,3-12,15-16H2,1-2H3,(H,31,32)/t17?,19-,20-/m1/s1. The summed E-state index contributed by atoms with van der Waals surface area (Å²) in [7, 11) is 1.43. The fraction of sp³-hybridized carbons (Fsp3) is 0.667. The van der Waals surface area contributed by atoms with Crippen LogP contribution in [-0.2, 0) is 22.4 Å². The Bertz CT molecular complexity index is 1070. The zero-order valence-electron chi connectivity index (χ0n) is 20.5. The number of carbonyl (C=O) groups excluding carboxylic acids is 1. The summed E-state index contributed by atoms with van der Waals surface area (Å²) in [5, 5.41) is 9.70. The largest absolute Gasteiger partial charge is 0.481 e. The Morgan fingerprint density at radius 3 is 2.65 bits per heavy atom. The van der Waals surface area contributed by atoms with E-state index in [0.29, 0.717) is 6.42 Å². The number of fused-ring (bicyclic) bond motifs is 3. The van der Waals surface area contributed by atoms with Gasteiger partial charge in [-0.25, -0.2) is 9.78 Å². The van der Waals surface area contributed by atoms with E-state index in [0.717, 1.165) is 79.0 Å². The lowest BCUT2D eigenvalue weighted by Crippen LogP contribution is -2.42. The molecule has 0 saturated heterocycles. The van der Waals surface area contributed by atoms with Crippen molar-refractivity contribution < 1.29 is 19.4 Å². The number of benzene rings is 1. The first-order valence-corrected chi connectivity index (χ1v) is 13.1. The number of hydrogen-bond donors (Lipinski definition) is 1. The van der Waals surface area contributed by atoms with Gasteiger partial charge in [0.15, 0.2) is 0 Å². The van der Waals surface area contributed by atoms with Crippen LogP contribution in [-0.4, -0.2) is 39.9 Å². The van der Waals surface area contributed by atoms with E-state index < -0.39 is 5.97 Å². The Morgan fingerprint density at radius 2 is 1.91 bits per heavy atom. The van der Waals surface area contributed by atoms with Crippen LogP contribution in [0.4, 0.5) is 10.5 Å². The highest BCUT2D eigenvalue weighted by Crippen LogP contribution is 2.41. The molecule has 7 nitrogen and oxygen atoms in total. The second-order valence-corrected chi connectivity index (χ2v) is 10.6. The molecule has 2 heterocycles. The first-order valence-electron chi connectivity index (χ1n) is 13.1. The first-order chi connectivity index (χ1) is 16.5. The summed E-state index contributed by atoms with van der Waals surface area (Å²) < 4.78 is 7.46. The normalized spacial score (nSPS) is 25.5. The number of imidazole rings is 1. The van der Waals surface area contributed by atoms with Crippen molar-refractivity contribution in [3.8, 4) is 0 Å². The number of carboxylic acids is 1. The Balaban J connectivity index is 1.57. The SMILES string of the molecule is COC(=O)N1c2ccc3c(nc(CCC4CCCC4)n3[C@@H]3CCC[C@@H](C(=O)O)C3)c2CCC1C. The molecule has 1 aliphatic heterocycles. The van der Waals surface area contributed by atoms with Crippen LogP contribution in [0, 0.1) is 11.8 Å². The summed E-state index contributed by atoms with van der Waals surface area (Å²) in [6, 6.07) is 4.38. The van der Waals surface area contributed by atoms with Gasteiger partial charge in [-0.3, -0.25) is 9.69 Å². The molecule has 1 aromatic carbocycles. The maximum atomic E-state index is 12.6. The van der Waals surface area contributed by atoms with Gasteiger partial charge in [-0.1, -0.05) is 32.1 Å². The number of aliphatic carboxylic acids is 1. The fourth-order valence-electron chi connectivity index (χ4n) is 6.66. The van der Waals surface area contributed by atoms with Gasteiger partial charge in [-0.2, -0.15) is 0 Å². The summed E-state index contributed by atoms with van der Waals surface area (Å²) in [6.45, 7) is 2.06. The molecule has 0 radical (unpaired) electrons. The molecule has 2 saturated carbocycles. The monoisotopic (exact) mass is 467 g/mol. The second kappa shape index (κ2) is 9.59. The topological polar surface area (TPSA) is 84.7 Å². The van der Waals surface area contributed by atoms with E-state index in [9.17, 15) is 14.7 Å². The van der Waals surface area contributed by atoms with E-state index >= 15 is 0 Å². The molecule has 5 rings (SSSR count). The van der Waals surface area contributed by atoms with Crippen LogP contribution in [0.3, 0.4) is 0 Å². The van der Waals surface area contributed by atoms with Crippen molar-refractivity contribution in [3.63, 3.8) is 0 Å². The summed E-state index contributed by atoms with van der Waals surface area (Å²) in [4.78, 5) is 31.3. The van der Waals surface area contributed by atoms with Gasteiger partial charge >= 0.3 is 12.1 Å². The van der Waals surface area contributed by atoms with Crippen molar-refractivity contribution in [3.05, 3.63) is 23.5 Å². The highest BCUT2D eigenvalue weighted by atomic mass is 16.5. The third-order valence-corrected chi connectivity index (χ3v) is 8.51. The van der Waals surface area contributed by atoms with Crippen molar-refractivity contribution in [2.24, 2.45) is 11.8 Å². The minimum atomic E-state index is -0.679. The number of anilines is 1. The summed E-state index contributed by atoms with van der Waals surface area (Å²) in [5.41, 5.74) is 4.09. The number of amides is 1. The third kappa shape index (κ3) is 4.18. The number of carbonyl (C=O) groups is 2. The molecule has 1 unspecified atom stereocenters. The van der Waals surface area contributed by atoms with Gasteiger partial charge in [0.25, 0.3) is 0 Å². The predicted molar refractivity (Wildman–Crippen MR) is 131 cm³/mol. The number of aromatic nitrogens is 2. The molecule has 1 amide bonds. The number of aryl methyl sites for hydroxylation is 2. The minimum absolute atomic E-state index is 0.0796. The van der Waals surface area contributed by atoms with Crippen LogP contribution in [0.1, 0.15) is 88.6 Å². The molecule has 1 aromatic heterocycles. The summed E-state index contributed by atoms with van der Waals surface area (Å²) in [5.74, 6) is 0.902. The maximum Gasteiger partial charge on any atom is 0.414 e. The van der Waals surface area contributed by atoms with E-state index in [1.807, 2.05) is 6.07 Å². The molecule has 7 heteroatoms. The van der Waals surface area contributed by atoms with Gasteiger partial charge in [0.1, 0.15) is 5.82 Å². The molecule has 2 aromatic rings. The zero-order chi connectivity index (χ0) is 23.8. The first kappa shape index (κ1) is 23.2. The van der Waals surface area contributed by atoms with Gasteiger partial charge in [0, 0.05) is 24.1 Å². The van der Waals surface area contributed by atoms with Gasteiger partial charge in [-0.05, 0) is 63.5 Å². The van der Waals surface area contributed by atoms with E-state index in [1.54, 1.807) is 4.90 Å². The van der Waals surface area contributed by atoms with Crippen LogP contribution in [0.25, 0.3) is 11.0 Å². The fourth-order valence-corrected chi connectivity index (χ4v) is 6.66. The Hall–Kier alpha value is -2.57. The van der Waals surface area contributed by atoms with Gasteiger partial charge < -0.3 is 14.4 Å². The quantitative estimate of drug-likeness (QED) is 0.593. The molecule has 34 heavy (non-hydrogen) atoms. The van der Waals surface area contributed by atoms with Crippen LogP contribution in [0.2, 0.25) is 0 Å². The molecule has 2 fully saturated rings. The van der Waals surface area contributed by atoms with E-state index in [2.05, 4.69) is 17.6 Å². The lowest BCUT2D eigenvalue weighted by atomic mass is 9.85. The molecule has 184 valence electrons. The van der Waals surface area contributed by atoms with Crippen molar-refractivity contribution in [1.29, 1.82) is 0 Å². The molecule has 3 aliphatic rings. The average Bonchev–Trinajstić information content (AvgIpc) is 3.49. The number of methoxy groups -OCH3 is 1. The molecule has 0 spiro atoms. The molecule has 2 aliphatic carbocycles. The zero-order valence-corrected chi connectivity index (χ0v) is 20.5. The van der Waals surface area contributed by atoms with Crippen molar-refractivity contribution >= 4 is 28.8 Å². The second-order valence-electron chi connectivity index (χ2n) is 10.6. The highest BCUT2D eigenvalue weighted by Gasteiger charge is 2.34. The van der Waals surface area contributed by atoms with Crippen molar-refractivity contribution in [1.82, 2.24) is 9.55 Å². The highest BCUT2D eigenvalue weighted by molar-refractivity contribution is 5.95. The van der Waals surface area contributed by atoms with Crippen LogP contribution < -0.4 is 4.90 Å². The van der Waals surface area contributed by atoms with Gasteiger partial charge in [0.05, 0.1) is 29.7 Å². The molecular weight excluding hydrogens is 430 g/mol. The molecule has 0 bridgehead atoms. The molecule has 1 N–H and O–H groups in total. The van der Waals surface area contributed by atoms with Gasteiger partial charge in [-0.15, -0.1) is 0 Å². The number of rotatable bonds is 5.